The first-order chi connectivity index (χ1) is 8.43. The molecule has 1 rings (SSSR count). The lowest BCUT2D eigenvalue weighted by Crippen LogP contribution is -2.25. The van der Waals surface area contributed by atoms with Gasteiger partial charge in [-0.05, 0) is 30.7 Å². The first-order valence-electron chi connectivity index (χ1n) is 5.29. The van der Waals surface area contributed by atoms with Gasteiger partial charge >= 0.3 is 0 Å². The van der Waals surface area contributed by atoms with Crippen LogP contribution in [-0.4, -0.2) is 37.5 Å². The summed E-state index contributed by atoms with van der Waals surface area (Å²) in [6, 6.07) is 5.01. The second-order valence-corrected chi connectivity index (χ2v) is 5.91. The Labute approximate surface area is 105 Å². The average molecular weight is 275 g/mol. The van der Waals surface area contributed by atoms with Crippen molar-refractivity contribution in [2.45, 2.75) is 6.42 Å². The number of halogens is 1. The first-order valence-corrected chi connectivity index (χ1v) is 7.12. The van der Waals surface area contributed by atoms with Crippen LogP contribution >= 0.6 is 0 Å². The van der Waals surface area contributed by atoms with Gasteiger partial charge in [-0.3, -0.25) is 4.79 Å². The van der Waals surface area contributed by atoms with Gasteiger partial charge in [-0.15, -0.1) is 0 Å². The summed E-state index contributed by atoms with van der Waals surface area (Å²) in [4.78, 5) is 11.4. The Morgan fingerprint density at radius 1 is 1.28 bits per heavy atom. The Morgan fingerprint density at radius 2 is 1.89 bits per heavy atom. The third-order valence-electron chi connectivity index (χ3n) is 2.09. The van der Waals surface area contributed by atoms with E-state index in [2.05, 4.69) is 5.32 Å². The molecule has 0 bridgehead atoms. The van der Waals surface area contributed by atoms with Gasteiger partial charge in [0.15, 0.2) is 9.84 Å². The van der Waals surface area contributed by atoms with E-state index < -0.39 is 27.3 Å². The molecule has 100 valence electrons. The quantitative estimate of drug-likeness (QED) is 0.794. The van der Waals surface area contributed by atoms with Gasteiger partial charge in [-0.25, -0.2) is 12.8 Å². The van der Waals surface area contributed by atoms with Crippen molar-refractivity contribution in [3.05, 3.63) is 30.1 Å². The van der Waals surface area contributed by atoms with Crippen LogP contribution in [0.5, 0.6) is 0 Å². The molecule has 0 fully saturated rings. The Hall–Kier alpha value is -1.47. The number of rotatable bonds is 6. The molecule has 0 aromatic heterocycles. The third kappa shape index (κ3) is 5.24. The largest absolute Gasteiger partial charge is 0.396 e. The average Bonchev–Trinajstić information content (AvgIpc) is 2.29. The number of carbonyl (C=O) groups is 1. The number of hydrogen-bond donors (Lipinski definition) is 2. The van der Waals surface area contributed by atoms with Crippen molar-refractivity contribution in [3.8, 4) is 0 Å². The van der Waals surface area contributed by atoms with Crippen LogP contribution in [0.4, 0.5) is 10.1 Å². The molecule has 0 aliphatic heterocycles. The SMILES string of the molecule is O=C(CS(=O)(=O)CCCO)Nc1ccc(F)cc1. The number of amides is 1. The van der Waals surface area contributed by atoms with Gasteiger partial charge in [0.2, 0.25) is 5.91 Å². The van der Waals surface area contributed by atoms with Crippen molar-refractivity contribution in [2.24, 2.45) is 0 Å². The number of benzene rings is 1. The Kier molecular flexibility index (Phi) is 5.24. The Bertz CT molecular complexity index is 498. The fourth-order valence-electron chi connectivity index (χ4n) is 1.29. The van der Waals surface area contributed by atoms with Gasteiger partial charge < -0.3 is 10.4 Å². The standard InChI is InChI=1S/C11H14FNO4S/c12-9-2-4-10(5-3-9)13-11(15)8-18(16,17)7-1-6-14/h2-5,14H,1,6-8H2,(H,13,15). The number of hydrogen-bond acceptors (Lipinski definition) is 4. The summed E-state index contributed by atoms with van der Waals surface area (Å²) >= 11 is 0. The Morgan fingerprint density at radius 3 is 2.44 bits per heavy atom. The zero-order valence-corrected chi connectivity index (χ0v) is 10.4. The maximum atomic E-state index is 12.6. The van der Waals surface area contributed by atoms with Gasteiger partial charge in [-0.2, -0.15) is 0 Å². The lowest BCUT2D eigenvalue weighted by molar-refractivity contribution is -0.113. The number of aliphatic hydroxyl groups is 1. The molecule has 2 N–H and O–H groups in total. The summed E-state index contributed by atoms with van der Waals surface area (Å²) in [6.45, 7) is -0.237. The lowest BCUT2D eigenvalue weighted by atomic mass is 10.3. The van der Waals surface area contributed by atoms with Gasteiger partial charge in [0.25, 0.3) is 0 Å². The van der Waals surface area contributed by atoms with Crippen molar-refractivity contribution >= 4 is 21.4 Å². The topological polar surface area (TPSA) is 83.5 Å². The van der Waals surface area contributed by atoms with Crippen molar-refractivity contribution < 1.29 is 22.7 Å². The number of carbonyl (C=O) groups excluding carboxylic acids is 1. The molecule has 1 amide bonds. The summed E-state index contributed by atoms with van der Waals surface area (Å²) in [5, 5.41) is 10.9. The molecule has 0 spiro atoms. The molecule has 0 aliphatic rings. The molecular formula is C11H14FNO4S. The number of sulfone groups is 1. The van der Waals surface area contributed by atoms with Crippen molar-refractivity contribution in [1.29, 1.82) is 0 Å². The molecule has 0 saturated heterocycles. The number of anilines is 1. The van der Waals surface area contributed by atoms with E-state index in [0.717, 1.165) is 12.1 Å². The van der Waals surface area contributed by atoms with E-state index in [0.29, 0.717) is 5.69 Å². The van der Waals surface area contributed by atoms with Crippen molar-refractivity contribution in [3.63, 3.8) is 0 Å². The van der Waals surface area contributed by atoms with E-state index in [1.165, 1.54) is 12.1 Å². The molecule has 0 unspecified atom stereocenters. The van der Waals surface area contributed by atoms with Crippen LogP contribution in [0.1, 0.15) is 6.42 Å². The molecular weight excluding hydrogens is 261 g/mol. The highest BCUT2D eigenvalue weighted by Gasteiger charge is 2.16. The molecule has 5 nitrogen and oxygen atoms in total. The van der Waals surface area contributed by atoms with Crippen LogP contribution in [0.2, 0.25) is 0 Å². The predicted octanol–water partition coefficient (Wildman–Crippen LogP) is 0.561. The van der Waals surface area contributed by atoms with Crippen molar-refractivity contribution in [1.82, 2.24) is 0 Å². The predicted molar refractivity (Wildman–Crippen MR) is 65.4 cm³/mol. The molecule has 0 atom stereocenters. The summed E-state index contributed by atoms with van der Waals surface area (Å²) < 4.78 is 35.4. The highest BCUT2D eigenvalue weighted by Crippen LogP contribution is 2.08. The fraction of sp³-hybridized carbons (Fsp3) is 0.364. The molecule has 7 heteroatoms. The maximum Gasteiger partial charge on any atom is 0.239 e. The van der Waals surface area contributed by atoms with E-state index in [1.54, 1.807) is 0 Å². The summed E-state index contributed by atoms with van der Waals surface area (Å²) in [7, 11) is -3.52. The zero-order chi connectivity index (χ0) is 13.6. The summed E-state index contributed by atoms with van der Waals surface area (Å²) in [5.74, 6) is -2.01. The minimum atomic E-state index is -3.52. The molecule has 1 aromatic rings. The molecule has 18 heavy (non-hydrogen) atoms. The molecule has 0 heterocycles. The summed E-state index contributed by atoms with van der Waals surface area (Å²) in [5.41, 5.74) is 0.332. The molecule has 0 aliphatic carbocycles. The van der Waals surface area contributed by atoms with Crippen LogP contribution in [0.3, 0.4) is 0 Å². The second kappa shape index (κ2) is 6.46. The maximum absolute atomic E-state index is 12.6. The normalized spacial score (nSPS) is 11.2. The summed E-state index contributed by atoms with van der Waals surface area (Å²) in [6.07, 6.45) is 0.103. The first kappa shape index (κ1) is 14.6. The zero-order valence-electron chi connectivity index (χ0n) is 9.60. The molecule has 0 saturated carbocycles. The van der Waals surface area contributed by atoms with Crippen molar-refractivity contribution in [2.75, 3.05) is 23.4 Å². The minimum absolute atomic E-state index is 0.103. The van der Waals surface area contributed by atoms with E-state index in [9.17, 15) is 17.6 Å². The van der Waals surface area contributed by atoms with E-state index >= 15 is 0 Å². The lowest BCUT2D eigenvalue weighted by Gasteiger charge is -2.05. The Balaban J connectivity index is 2.54. The monoisotopic (exact) mass is 275 g/mol. The second-order valence-electron chi connectivity index (χ2n) is 3.72. The van der Waals surface area contributed by atoms with Gasteiger partial charge in [0, 0.05) is 12.3 Å². The van der Waals surface area contributed by atoms with Crippen LogP contribution < -0.4 is 5.32 Å². The smallest absolute Gasteiger partial charge is 0.239 e. The van der Waals surface area contributed by atoms with Crippen LogP contribution in [0.15, 0.2) is 24.3 Å². The number of aliphatic hydroxyl groups excluding tert-OH is 1. The van der Waals surface area contributed by atoms with Crippen LogP contribution in [0.25, 0.3) is 0 Å². The highest BCUT2D eigenvalue weighted by atomic mass is 32.2. The molecule has 1 aromatic carbocycles. The van der Waals surface area contributed by atoms with Gasteiger partial charge in [0.1, 0.15) is 11.6 Å². The minimum Gasteiger partial charge on any atom is -0.396 e. The van der Waals surface area contributed by atoms with Gasteiger partial charge in [0.05, 0.1) is 5.75 Å². The van der Waals surface area contributed by atoms with E-state index in [4.69, 9.17) is 5.11 Å². The van der Waals surface area contributed by atoms with Crippen LogP contribution in [0, 0.1) is 5.82 Å². The van der Waals surface area contributed by atoms with Crippen LogP contribution in [-0.2, 0) is 14.6 Å². The number of nitrogens with one attached hydrogen (secondary N) is 1. The van der Waals surface area contributed by atoms with E-state index in [-0.39, 0.29) is 18.8 Å². The van der Waals surface area contributed by atoms with E-state index in [1.807, 2.05) is 0 Å². The molecule has 0 radical (unpaired) electrons. The van der Waals surface area contributed by atoms with Gasteiger partial charge in [-0.1, -0.05) is 0 Å². The fourth-order valence-corrected chi connectivity index (χ4v) is 2.47. The third-order valence-corrected chi connectivity index (χ3v) is 3.71. The highest BCUT2D eigenvalue weighted by molar-refractivity contribution is 7.92.